The summed E-state index contributed by atoms with van der Waals surface area (Å²) in [6, 6.07) is 5.65. The van der Waals surface area contributed by atoms with Gasteiger partial charge in [-0.05, 0) is 32.9 Å². The molecule has 3 rings (SSSR count). The number of carbonyl (C=O) groups excluding carboxylic acids is 1. The molecule has 2 heterocycles. The summed E-state index contributed by atoms with van der Waals surface area (Å²) in [7, 11) is 0. The molecule has 0 atom stereocenters. The summed E-state index contributed by atoms with van der Waals surface area (Å²) >= 11 is 12.1. The normalized spacial score (nSPS) is 26.7. The Labute approximate surface area is 177 Å². The second-order valence-corrected chi connectivity index (χ2v) is 9.65. The number of carbonyl (C=O) groups is 1. The first-order valence-electron chi connectivity index (χ1n) is 10.1. The van der Waals surface area contributed by atoms with Crippen molar-refractivity contribution in [2.24, 2.45) is 0 Å². The molecular formula is C21H31Cl2N2O3+. The Bertz CT molecular complexity index is 691. The summed E-state index contributed by atoms with van der Waals surface area (Å²) in [5, 5.41) is 4.41. The van der Waals surface area contributed by atoms with Gasteiger partial charge in [0.2, 0.25) is 0 Å². The van der Waals surface area contributed by atoms with Gasteiger partial charge in [0.1, 0.15) is 23.5 Å². The van der Waals surface area contributed by atoms with Crippen molar-refractivity contribution in [1.29, 1.82) is 0 Å². The van der Waals surface area contributed by atoms with Crippen molar-refractivity contribution in [2.45, 2.75) is 64.2 Å². The zero-order chi connectivity index (χ0) is 20.4. The highest BCUT2D eigenvalue weighted by atomic mass is 35.5. The van der Waals surface area contributed by atoms with E-state index in [0.717, 1.165) is 57.6 Å². The molecule has 0 saturated carbocycles. The van der Waals surface area contributed by atoms with E-state index in [0.29, 0.717) is 20.6 Å². The maximum Gasteiger partial charge on any atom is 0.516 e. The molecule has 0 radical (unpaired) electrons. The lowest BCUT2D eigenvalue weighted by Crippen LogP contribution is -2.66. The monoisotopic (exact) mass is 429 g/mol. The van der Waals surface area contributed by atoms with Crippen LogP contribution in [-0.4, -0.2) is 54.5 Å². The lowest BCUT2D eigenvalue weighted by Gasteiger charge is -2.47. The molecule has 2 aliphatic heterocycles. The first-order chi connectivity index (χ1) is 13.2. The first-order valence-corrected chi connectivity index (χ1v) is 10.9. The van der Waals surface area contributed by atoms with Gasteiger partial charge in [0.05, 0.1) is 23.1 Å². The number of quaternary nitrogens is 1. The summed E-state index contributed by atoms with van der Waals surface area (Å²) < 4.78 is 12.4. The van der Waals surface area contributed by atoms with E-state index >= 15 is 0 Å². The summed E-state index contributed by atoms with van der Waals surface area (Å²) in [5.41, 5.74) is -0.483. The molecule has 7 heteroatoms. The second-order valence-electron chi connectivity index (χ2n) is 8.84. The summed E-state index contributed by atoms with van der Waals surface area (Å²) in [5.74, 6) is 0.721. The quantitative estimate of drug-likeness (QED) is 0.683. The van der Waals surface area contributed by atoms with Crippen LogP contribution in [0.4, 0.5) is 4.79 Å². The van der Waals surface area contributed by atoms with Crippen molar-refractivity contribution in [3.63, 3.8) is 0 Å². The smallest absolute Gasteiger partial charge is 0.490 e. The van der Waals surface area contributed by atoms with Crippen molar-refractivity contribution < 1.29 is 18.8 Å². The lowest BCUT2D eigenvalue weighted by molar-refractivity contribution is -0.890. The number of amides is 1. The number of benzene rings is 1. The molecule has 0 aromatic heterocycles. The van der Waals surface area contributed by atoms with Crippen LogP contribution in [0.25, 0.3) is 0 Å². The molecule has 0 bridgehead atoms. The van der Waals surface area contributed by atoms with Crippen LogP contribution in [-0.2, 0) is 4.74 Å². The summed E-state index contributed by atoms with van der Waals surface area (Å²) in [4.78, 5) is 13.2. The van der Waals surface area contributed by atoms with Gasteiger partial charge in [-0.3, -0.25) is 0 Å². The van der Waals surface area contributed by atoms with Crippen molar-refractivity contribution in [2.75, 3.05) is 26.2 Å². The number of halogens is 2. The van der Waals surface area contributed by atoms with Crippen LogP contribution in [0.2, 0.25) is 10.0 Å². The van der Waals surface area contributed by atoms with Crippen LogP contribution < -0.4 is 10.1 Å². The third-order valence-electron chi connectivity index (χ3n) is 5.66. The van der Waals surface area contributed by atoms with E-state index in [9.17, 15) is 4.79 Å². The molecule has 2 saturated heterocycles. The standard InChI is InChI=1S/C21H31Cl2N2O3/c1-21(2,3)28-20(26)25(15-6-10-24-11-7-15)12-8-16(9-13-25)27-17-4-5-18(22)19(23)14-17/h4-5,14-16,24H,6-13H2,1-3H3/q+1. The average Bonchev–Trinajstić information content (AvgIpc) is 2.65. The van der Waals surface area contributed by atoms with Gasteiger partial charge in [-0.15, -0.1) is 0 Å². The number of rotatable bonds is 3. The van der Waals surface area contributed by atoms with Crippen LogP contribution in [0.1, 0.15) is 46.5 Å². The van der Waals surface area contributed by atoms with Gasteiger partial charge in [0, 0.05) is 44.8 Å². The van der Waals surface area contributed by atoms with Crippen molar-refractivity contribution >= 4 is 29.3 Å². The average molecular weight is 430 g/mol. The predicted molar refractivity (Wildman–Crippen MR) is 112 cm³/mol. The van der Waals surface area contributed by atoms with Gasteiger partial charge in [-0.2, -0.15) is 4.79 Å². The Morgan fingerprint density at radius 3 is 2.29 bits per heavy atom. The lowest BCUT2D eigenvalue weighted by atomic mass is 9.96. The van der Waals surface area contributed by atoms with Crippen LogP contribution >= 0.6 is 23.2 Å². The minimum Gasteiger partial charge on any atom is -0.490 e. The third-order valence-corrected chi connectivity index (χ3v) is 6.40. The summed E-state index contributed by atoms with van der Waals surface area (Å²) in [6.07, 6.45) is 3.59. The van der Waals surface area contributed by atoms with Gasteiger partial charge in [-0.1, -0.05) is 23.2 Å². The number of ether oxygens (including phenoxy) is 2. The molecule has 2 aliphatic rings. The fourth-order valence-corrected chi connectivity index (χ4v) is 4.50. The van der Waals surface area contributed by atoms with Crippen molar-refractivity contribution in [3.05, 3.63) is 28.2 Å². The van der Waals surface area contributed by atoms with E-state index in [4.69, 9.17) is 32.7 Å². The number of hydrogen-bond acceptors (Lipinski definition) is 4. The Morgan fingerprint density at radius 1 is 1.07 bits per heavy atom. The number of hydrogen-bond donors (Lipinski definition) is 1. The van der Waals surface area contributed by atoms with Crippen LogP contribution in [0.3, 0.4) is 0 Å². The molecule has 2 fully saturated rings. The van der Waals surface area contributed by atoms with Crippen LogP contribution in [0, 0.1) is 0 Å². The third kappa shape index (κ3) is 5.12. The van der Waals surface area contributed by atoms with E-state index in [2.05, 4.69) is 5.32 Å². The molecule has 1 amide bonds. The largest absolute Gasteiger partial charge is 0.516 e. The number of piperidine rings is 2. The Balaban J connectivity index is 1.70. The zero-order valence-corrected chi connectivity index (χ0v) is 18.5. The van der Waals surface area contributed by atoms with Crippen molar-refractivity contribution in [3.8, 4) is 5.75 Å². The zero-order valence-electron chi connectivity index (χ0n) is 17.0. The van der Waals surface area contributed by atoms with E-state index in [1.165, 1.54) is 0 Å². The Hall–Kier alpha value is -1.01. The molecule has 0 spiro atoms. The molecule has 5 nitrogen and oxygen atoms in total. The fraction of sp³-hybridized carbons (Fsp3) is 0.667. The van der Waals surface area contributed by atoms with E-state index < -0.39 is 5.60 Å². The van der Waals surface area contributed by atoms with Gasteiger partial charge >= 0.3 is 6.09 Å². The number of likely N-dealkylation sites (tertiary alicyclic amines) is 1. The second kappa shape index (κ2) is 8.78. The summed E-state index contributed by atoms with van der Waals surface area (Å²) in [6.45, 7) is 9.20. The molecule has 28 heavy (non-hydrogen) atoms. The van der Waals surface area contributed by atoms with E-state index in [1.54, 1.807) is 12.1 Å². The number of nitrogens with zero attached hydrogens (tertiary/aromatic N) is 1. The molecule has 0 unspecified atom stereocenters. The molecule has 1 aromatic rings. The highest BCUT2D eigenvalue weighted by molar-refractivity contribution is 6.42. The minimum absolute atomic E-state index is 0.0626. The maximum atomic E-state index is 13.2. The predicted octanol–water partition coefficient (Wildman–Crippen LogP) is 5.04. The SMILES string of the molecule is CC(C)(C)OC(=O)[N+]1(C2CCNCC2)CCC(Oc2ccc(Cl)c(Cl)c2)CC1. The Morgan fingerprint density at radius 2 is 1.71 bits per heavy atom. The van der Waals surface area contributed by atoms with Gasteiger partial charge in [0.25, 0.3) is 0 Å². The maximum absolute atomic E-state index is 13.2. The minimum atomic E-state index is -0.483. The molecule has 1 aromatic carbocycles. The highest BCUT2D eigenvalue weighted by Crippen LogP contribution is 2.33. The van der Waals surface area contributed by atoms with Crippen molar-refractivity contribution in [1.82, 2.24) is 5.32 Å². The molecular weight excluding hydrogens is 399 g/mol. The number of nitrogens with one attached hydrogen (secondary N) is 1. The molecule has 1 N–H and O–H groups in total. The Kier molecular flexibility index (Phi) is 6.80. The first kappa shape index (κ1) is 21.7. The molecule has 156 valence electrons. The van der Waals surface area contributed by atoms with Crippen LogP contribution in [0.15, 0.2) is 18.2 Å². The van der Waals surface area contributed by atoms with Crippen LogP contribution in [0.5, 0.6) is 5.75 Å². The van der Waals surface area contributed by atoms with E-state index in [1.807, 2.05) is 26.8 Å². The highest BCUT2D eigenvalue weighted by Gasteiger charge is 2.50. The topological polar surface area (TPSA) is 47.6 Å². The van der Waals surface area contributed by atoms with Gasteiger partial charge in [0.15, 0.2) is 0 Å². The van der Waals surface area contributed by atoms with E-state index in [-0.39, 0.29) is 12.2 Å². The fourth-order valence-electron chi connectivity index (χ4n) is 4.22. The molecule has 0 aliphatic carbocycles. The van der Waals surface area contributed by atoms with Gasteiger partial charge < -0.3 is 14.8 Å². The van der Waals surface area contributed by atoms with Gasteiger partial charge in [-0.25, -0.2) is 4.48 Å².